The molecule has 0 bridgehead atoms. The fourth-order valence-electron chi connectivity index (χ4n) is 4.79. The number of carbonyl (C=O) groups excluding carboxylic acids is 2. The Kier molecular flexibility index (Phi) is 8.07. The van der Waals surface area contributed by atoms with Gasteiger partial charge in [-0.25, -0.2) is 13.2 Å². The molecule has 4 rings (SSSR count). The molecule has 0 aromatic heterocycles. The molecule has 0 spiro atoms. The maximum atomic E-state index is 13.4. The standard InChI is InChI=1S/C24H27Cl3N4O4S/c1-28(23(32)17-4-3-5-18(25)12-17)22-15-30(14-19(22)16-6-7-20(26)21(27)13-16)24(33)29-8-10-31(11-9-29)36(2,34)35/h3-7,12-13,19,22H,8-11,14-15H2,1-2H3/t19-,22+/m0/s1. The highest BCUT2D eigenvalue weighted by atomic mass is 35.5. The van der Waals surface area contributed by atoms with Crippen LogP contribution in [-0.4, -0.2) is 98.0 Å². The Labute approximate surface area is 226 Å². The zero-order valence-electron chi connectivity index (χ0n) is 19.9. The van der Waals surface area contributed by atoms with Gasteiger partial charge in [-0.15, -0.1) is 0 Å². The van der Waals surface area contributed by atoms with Gasteiger partial charge in [0.25, 0.3) is 5.91 Å². The number of nitrogens with zero attached hydrogens (tertiary/aromatic N) is 4. The van der Waals surface area contributed by atoms with Gasteiger partial charge < -0.3 is 14.7 Å². The molecule has 3 amide bonds. The summed E-state index contributed by atoms with van der Waals surface area (Å²) in [6.07, 6.45) is 1.17. The van der Waals surface area contributed by atoms with Gasteiger partial charge in [0, 0.05) is 62.8 Å². The van der Waals surface area contributed by atoms with Crippen molar-refractivity contribution >= 4 is 56.8 Å². The van der Waals surface area contributed by atoms with Crippen LogP contribution >= 0.6 is 34.8 Å². The van der Waals surface area contributed by atoms with Crippen LogP contribution in [0.15, 0.2) is 42.5 Å². The molecular weight excluding hydrogens is 547 g/mol. The molecule has 2 heterocycles. The van der Waals surface area contributed by atoms with Crippen molar-refractivity contribution < 1.29 is 18.0 Å². The number of halogens is 3. The molecule has 0 N–H and O–H groups in total. The molecule has 0 unspecified atom stereocenters. The minimum absolute atomic E-state index is 0.181. The molecule has 2 atom stereocenters. The Hall–Kier alpha value is -2.04. The van der Waals surface area contributed by atoms with E-state index in [1.165, 1.54) is 10.6 Å². The van der Waals surface area contributed by atoms with Gasteiger partial charge in [0.05, 0.1) is 22.3 Å². The quantitative estimate of drug-likeness (QED) is 0.556. The van der Waals surface area contributed by atoms with Gasteiger partial charge in [0.2, 0.25) is 10.0 Å². The van der Waals surface area contributed by atoms with Crippen LogP contribution < -0.4 is 0 Å². The van der Waals surface area contributed by atoms with Crippen molar-refractivity contribution in [2.45, 2.75) is 12.0 Å². The van der Waals surface area contributed by atoms with E-state index in [2.05, 4.69) is 0 Å². The van der Waals surface area contributed by atoms with E-state index in [1.54, 1.807) is 58.1 Å². The molecule has 194 valence electrons. The lowest BCUT2D eigenvalue weighted by Gasteiger charge is -2.35. The predicted octanol–water partition coefficient (Wildman–Crippen LogP) is 3.88. The average molecular weight is 574 g/mol. The molecule has 0 radical (unpaired) electrons. The predicted molar refractivity (Wildman–Crippen MR) is 141 cm³/mol. The summed E-state index contributed by atoms with van der Waals surface area (Å²) in [6, 6.07) is 11.6. The van der Waals surface area contributed by atoms with Crippen molar-refractivity contribution in [3.8, 4) is 0 Å². The van der Waals surface area contributed by atoms with Crippen LogP contribution in [0.25, 0.3) is 0 Å². The third kappa shape index (κ3) is 5.75. The van der Waals surface area contributed by atoms with Crippen molar-refractivity contribution in [2.75, 3.05) is 52.6 Å². The summed E-state index contributed by atoms with van der Waals surface area (Å²) in [7, 11) is -1.58. The minimum atomic E-state index is -3.30. The van der Waals surface area contributed by atoms with Gasteiger partial charge in [0.1, 0.15) is 0 Å². The maximum absolute atomic E-state index is 13.4. The molecule has 2 aromatic carbocycles. The molecule has 2 fully saturated rings. The highest BCUT2D eigenvalue weighted by molar-refractivity contribution is 7.88. The topological polar surface area (TPSA) is 81.2 Å². The van der Waals surface area contributed by atoms with Gasteiger partial charge in [-0.2, -0.15) is 4.31 Å². The van der Waals surface area contributed by atoms with Crippen LogP contribution in [0.5, 0.6) is 0 Å². The summed E-state index contributed by atoms with van der Waals surface area (Å²) >= 11 is 18.5. The molecule has 0 aliphatic carbocycles. The van der Waals surface area contributed by atoms with Crippen molar-refractivity contribution in [1.29, 1.82) is 0 Å². The van der Waals surface area contributed by atoms with E-state index >= 15 is 0 Å². The van der Waals surface area contributed by atoms with Crippen LogP contribution in [0.1, 0.15) is 21.8 Å². The minimum Gasteiger partial charge on any atom is -0.336 e. The van der Waals surface area contributed by atoms with Gasteiger partial charge in [-0.1, -0.05) is 46.9 Å². The lowest BCUT2D eigenvalue weighted by molar-refractivity contribution is 0.0723. The second kappa shape index (κ2) is 10.8. The lowest BCUT2D eigenvalue weighted by Crippen LogP contribution is -2.53. The number of likely N-dealkylation sites (tertiary alicyclic amines) is 1. The summed E-state index contributed by atoms with van der Waals surface area (Å²) in [6.45, 7) is 1.82. The second-order valence-corrected chi connectivity index (χ2v) is 12.3. The Morgan fingerprint density at radius 2 is 1.61 bits per heavy atom. The maximum Gasteiger partial charge on any atom is 0.320 e. The summed E-state index contributed by atoms with van der Waals surface area (Å²) in [5.41, 5.74) is 1.33. The van der Waals surface area contributed by atoms with Crippen LogP contribution in [-0.2, 0) is 10.0 Å². The number of likely N-dealkylation sites (N-methyl/N-ethyl adjacent to an activating group) is 1. The van der Waals surface area contributed by atoms with Crippen molar-refractivity contribution in [1.82, 2.24) is 19.0 Å². The van der Waals surface area contributed by atoms with E-state index in [9.17, 15) is 18.0 Å². The number of piperazine rings is 1. The van der Waals surface area contributed by atoms with Gasteiger partial charge >= 0.3 is 6.03 Å². The Morgan fingerprint density at radius 3 is 2.22 bits per heavy atom. The largest absolute Gasteiger partial charge is 0.336 e. The molecule has 2 aliphatic rings. The van der Waals surface area contributed by atoms with Crippen LogP contribution in [0.3, 0.4) is 0 Å². The monoisotopic (exact) mass is 572 g/mol. The Morgan fingerprint density at radius 1 is 0.917 bits per heavy atom. The van der Waals surface area contributed by atoms with E-state index in [4.69, 9.17) is 34.8 Å². The Bertz CT molecular complexity index is 1270. The number of carbonyl (C=O) groups is 2. The van der Waals surface area contributed by atoms with E-state index in [1.807, 2.05) is 6.07 Å². The van der Waals surface area contributed by atoms with Crippen molar-refractivity contribution in [3.63, 3.8) is 0 Å². The van der Waals surface area contributed by atoms with Gasteiger partial charge in [0.15, 0.2) is 0 Å². The summed E-state index contributed by atoms with van der Waals surface area (Å²) in [4.78, 5) is 31.8. The fraction of sp³-hybridized carbons (Fsp3) is 0.417. The third-order valence-corrected chi connectivity index (χ3v) is 9.08. The van der Waals surface area contributed by atoms with Gasteiger partial charge in [-0.3, -0.25) is 4.79 Å². The molecule has 8 nitrogen and oxygen atoms in total. The van der Waals surface area contributed by atoms with Crippen LogP contribution in [0.4, 0.5) is 4.79 Å². The molecule has 2 aliphatic heterocycles. The fourth-order valence-corrected chi connectivity index (χ4v) is 6.12. The highest BCUT2D eigenvalue weighted by Crippen LogP contribution is 2.35. The molecule has 2 aromatic rings. The smallest absolute Gasteiger partial charge is 0.320 e. The van der Waals surface area contributed by atoms with Crippen LogP contribution in [0.2, 0.25) is 15.1 Å². The number of amides is 3. The number of hydrogen-bond acceptors (Lipinski definition) is 4. The number of rotatable bonds is 4. The molecular formula is C24H27Cl3N4O4S. The first-order valence-electron chi connectivity index (χ1n) is 11.4. The number of benzene rings is 2. The lowest BCUT2D eigenvalue weighted by atomic mass is 9.93. The molecule has 0 saturated carbocycles. The molecule has 36 heavy (non-hydrogen) atoms. The summed E-state index contributed by atoms with van der Waals surface area (Å²) in [5, 5.41) is 1.29. The van der Waals surface area contributed by atoms with E-state index in [-0.39, 0.29) is 37.0 Å². The van der Waals surface area contributed by atoms with Crippen molar-refractivity contribution in [2.24, 2.45) is 0 Å². The zero-order chi connectivity index (χ0) is 26.2. The Balaban J connectivity index is 1.57. The van der Waals surface area contributed by atoms with Crippen molar-refractivity contribution in [3.05, 3.63) is 68.7 Å². The number of hydrogen-bond donors (Lipinski definition) is 0. The van der Waals surface area contributed by atoms with E-state index in [0.29, 0.717) is 46.8 Å². The SMILES string of the molecule is CN(C(=O)c1cccc(Cl)c1)[C@@H]1CN(C(=O)N2CCN(S(C)(=O)=O)CC2)C[C@H]1c1ccc(Cl)c(Cl)c1. The first kappa shape index (κ1) is 27.0. The van der Waals surface area contributed by atoms with E-state index < -0.39 is 10.0 Å². The third-order valence-electron chi connectivity index (χ3n) is 6.80. The summed E-state index contributed by atoms with van der Waals surface area (Å²) < 4.78 is 25.0. The molecule has 2 saturated heterocycles. The summed E-state index contributed by atoms with van der Waals surface area (Å²) in [5.74, 6) is -0.405. The van der Waals surface area contributed by atoms with Gasteiger partial charge in [-0.05, 0) is 35.9 Å². The second-order valence-electron chi connectivity index (χ2n) is 9.11. The highest BCUT2D eigenvalue weighted by Gasteiger charge is 2.42. The zero-order valence-corrected chi connectivity index (χ0v) is 23.0. The van der Waals surface area contributed by atoms with E-state index in [0.717, 1.165) is 5.56 Å². The molecule has 12 heteroatoms. The number of sulfonamides is 1. The first-order valence-corrected chi connectivity index (χ1v) is 14.4. The normalized spacial score (nSPS) is 21.0. The first-order chi connectivity index (χ1) is 17.0. The number of urea groups is 1. The van der Waals surface area contributed by atoms with Crippen LogP contribution in [0, 0.1) is 0 Å². The average Bonchev–Trinajstić information content (AvgIpc) is 3.29.